The van der Waals surface area contributed by atoms with Crippen LogP contribution in [0.2, 0.25) is 0 Å². The van der Waals surface area contributed by atoms with Gasteiger partial charge >= 0.3 is 0 Å². The Hall–Kier alpha value is -0.0400. The van der Waals surface area contributed by atoms with E-state index in [0.29, 0.717) is 11.5 Å². The van der Waals surface area contributed by atoms with Gasteiger partial charge in [0.05, 0.1) is 11.7 Å². The molecule has 3 fully saturated rings. The zero-order chi connectivity index (χ0) is 10.2. The van der Waals surface area contributed by atoms with Crippen LogP contribution < -0.4 is 0 Å². The number of rotatable bonds is 3. The van der Waals surface area contributed by atoms with E-state index in [1.54, 1.807) is 0 Å². The normalized spacial score (nSPS) is 46.9. The first-order chi connectivity index (χ1) is 6.58. The number of ether oxygens (including phenoxy) is 1. The average Bonchev–Trinajstić information content (AvgIpc) is 2.17. The maximum absolute atomic E-state index is 6.28. The quantitative estimate of drug-likeness (QED) is 0.665. The predicted octanol–water partition coefficient (Wildman–Crippen LogP) is 3.91. The summed E-state index contributed by atoms with van der Waals surface area (Å²) in [5.41, 5.74) is 0.739. The molecule has 2 bridgehead atoms. The molecule has 1 aliphatic carbocycles. The lowest BCUT2D eigenvalue weighted by Gasteiger charge is -2.55. The zero-order valence-corrected chi connectivity index (χ0v) is 9.94. The molecule has 1 unspecified atom stereocenters. The molecule has 82 valence electrons. The average molecular weight is 196 g/mol. The van der Waals surface area contributed by atoms with Crippen LogP contribution in [0.1, 0.15) is 65.7 Å². The molecular weight excluding hydrogens is 172 g/mol. The van der Waals surface area contributed by atoms with E-state index in [9.17, 15) is 0 Å². The topological polar surface area (TPSA) is 9.23 Å². The van der Waals surface area contributed by atoms with Crippen LogP contribution >= 0.6 is 0 Å². The molecule has 14 heavy (non-hydrogen) atoms. The summed E-state index contributed by atoms with van der Waals surface area (Å²) in [6.07, 6.45) is 9.80. The van der Waals surface area contributed by atoms with E-state index < -0.39 is 0 Å². The summed E-state index contributed by atoms with van der Waals surface area (Å²) in [7, 11) is 0. The van der Waals surface area contributed by atoms with Crippen LogP contribution in [-0.4, -0.2) is 11.7 Å². The maximum atomic E-state index is 6.28. The van der Waals surface area contributed by atoms with Crippen molar-refractivity contribution in [3.05, 3.63) is 0 Å². The third-order valence-corrected chi connectivity index (χ3v) is 4.47. The van der Waals surface area contributed by atoms with Gasteiger partial charge in [0.15, 0.2) is 0 Å². The fourth-order valence-corrected chi connectivity index (χ4v) is 3.07. The highest BCUT2D eigenvalue weighted by atomic mass is 16.5. The maximum Gasteiger partial charge on any atom is 0.0659 e. The van der Waals surface area contributed by atoms with Gasteiger partial charge in [0.25, 0.3) is 0 Å². The van der Waals surface area contributed by atoms with Crippen LogP contribution in [0.4, 0.5) is 0 Å². The number of hydrogen-bond donors (Lipinski definition) is 0. The van der Waals surface area contributed by atoms with Crippen LogP contribution in [0.5, 0.6) is 0 Å². The van der Waals surface area contributed by atoms with Crippen LogP contribution in [-0.2, 0) is 4.74 Å². The van der Waals surface area contributed by atoms with E-state index in [-0.39, 0.29) is 5.60 Å². The first kappa shape index (κ1) is 10.5. The van der Waals surface area contributed by atoms with Gasteiger partial charge in [-0.25, -0.2) is 0 Å². The van der Waals surface area contributed by atoms with Gasteiger partial charge in [0.2, 0.25) is 0 Å². The van der Waals surface area contributed by atoms with E-state index in [4.69, 9.17) is 4.74 Å². The molecule has 0 radical (unpaired) electrons. The van der Waals surface area contributed by atoms with Crippen molar-refractivity contribution in [2.75, 3.05) is 0 Å². The summed E-state index contributed by atoms with van der Waals surface area (Å²) in [6, 6.07) is 0. The van der Waals surface area contributed by atoms with Crippen molar-refractivity contribution in [2.45, 2.75) is 77.4 Å². The monoisotopic (exact) mass is 196 g/mol. The minimum Gasteiger partial charge on any atom is -0.371 e. The second-order valence-electron chi connectivity index (χ2n) is 5.85. The fraction of sp³-hybridized carbons (Fsp3) is 1.00. The predicted molar refractivity (Wildman–Crippen MR) is 59.4 cm³/mol. The van der Waals surface area contributed by atoms with Gasteiger partial charge in [-0.2, -0.15) is 0 Å². The van der Waals surface area contributed by atoms with Crippen molar-refractivity contribution < 1.29 is 4.74 Å². The third kappa shape index (κ3) is 1.71. The molecule has 1 atom stereocenters. The molecule has 0 aromatic heterocycles. The second kappa shape index (κ2) is 3.52. The molecule has 2 heterocycles. The van der Waals surface area contributed by atoms with Gasteiger partial charge in [-0.3, -0.25) is 0 Å². The SMILES string of the molecule is CCCCC1OC2(C)CCC1(C)CC2. The van der Waals surface area contributed by atoms with E-state index in [1.807, 2.05) is 0 Å². The Bertz CT molecular complexity index is 201. The summed E-state index contributed by atoms with van der Waals surface area (Å²) < 4.78 is 6.28. The van der Waals surface area contributed by atoms with Crippen molar-refractivity contribution >= 4 is 0 Å². The van der Waals surface area contributed by atoms with Gasteiger partial charge in [-0.05, 0) is 44.4 Å². The van der Waals surface area contributed by atoms with E-state index >= 15 is 0 Å². The van der Waals surface area contributed by atoms with E-state index in [2.05, 4.69) is 20.8 Å². The molecule has 0 spiro atoms. The number of fused-ring (bicyclic) bond motifs is 3. The van der Waals surface area contributed by atoms with Crippen molar-refractivity contribution in [1.82, 2.24) is 0 Å². The molecule has 2 saturated heterocycles. The Morgan fingerprint density at radius 2 is 1.79 bits per heavy atom. The van der Waals surface area contributed by atoms with Gasteiger partial charge < -0.3 is 4.74 Å². The smallest absolute Gasteiger partial charge is 0.0659 e. The van der Waals surface area contributed by atoms with Crippen molar-refractivity contribution in [1.29, 1.82) is 0 Å². The van der Waals surface area contributed by atoms with Crippen molar-refractivity contribution in [2.24, 2.45) is 5.41 Å². The van der Waals surface area contributed by atoms with Gasteiger partial charge in [-0.15, -0.1) is 0 Å². The molecular formula is C13H24O. The summed E-state index contributed by atoms with van der Waals surface area (Å²) in [5.74, 6) is 0. The highest BCUT2D eigenvalue weighted by Gasteiger charge is 2.50. The molecule has 0 aromatic rings. The standard InChI is InChI=1S/C13H24O/c1-4-5-6-11-12(2)7-9-13(3,14-11)10-8-12/h11H,4-10H2,1-3H3. The molecule has 0 N–H and O–H groups in total. The summed E-state index contributed by atoms with van der Waals surface area (Å²) in [5, 5.41) is 0. The minimum absolute atomic E-state index is 0.232. The molecule has 0 aromatic carbocycles. The highest BCUT2D eigenvalue weighted by molar-refractivity contribution is 5.00. The van der Waals surface area contributed by atoms with Crippen LogP contribution in [0.15, 0.2) is 0 Å². The lowest BCUT2D eigenvalue weighted by molar-refractivity contribution is -0.221. The molecule has 1 nitrogen and oxygen atoms in total. The lowest BCUT2D eigenvalue weighted by atomic mass is 9.63. The summed E-state index contributed by atoms with van der Waals surface area (Å²) in [4.78, 5) is 0. The Morgan fingerprint density at radius 3 is 2.36 bits per heavy atom. The Labute approximate surface area is 88.2 Å². The van der Waals surface area contributed by atoms with E-state index in [1.165, 1.54) is 44.9 Å². The third-order valence-electron chi connectivity index (χ3n) is 4.47. The van der Waals surface area contributed by atoms with Crippen LogP contribution in [0.25, 0.3) is 0 Å². The Morgan fingerprint density at radius 1 is 1.14 bits per heavy atom. The van der Waals surface area contributed by atoms with Crippen molar-refractivity contribution in [3.63, 3.8) is 0 Å². The number of unbranched alkanes of at least 4 members (excludes halogenated alkanes) is 1. The Kier molecular flexibility index (Phi) is 2.63. The van der Waals surface area contributed by atoms with E-state index in [0.717, 1.165) is 0 Å². The second-order valence-corrected chi connectivity index (χ2v) is 5.85. The van der Waals surface area contributed by atoms with Gasteiger partial charge in [-0.1, -0.05) is 26.7 Å². The van der Waals surface area contributed by atoms with Crippen LogP contribution in [0.3, 0.4) is 0 Å². The first-order valence-electron chi connectivity index (χ1n) is 6.26. The largest absolute Gasteiger partial charge is 0.371 e. The first-order valence-corrected chi connectivity index (χ1v) is 6.26. The molecule has 1 saturated carbocycles. The Balaban J connectivity index is 2.03. The molecule has 2 aliphatic heterocycles. The number of hydrogen-bond acceptors (Lipinski definition) is 1. The van der Waals surface area contributed by atoms with Gasteiger partial charge in [0, 0.05) is 0 Å². The molecule has 0 amide bonds. The molecule has 1 heteroatoms. The highest BCUT2D eigenvalue weighted by Crippen LogP contribution is 2.53. The van der Waals surface area contributed by atoms with Gasteiger partial charge in [0.1, 0.15) is 0 Å². The fourth-order valence-electron chi connectivity index (χ4n) is 3.07. The lowest BCUT2D eigenvalue weighted by Crippen LogP contribution is -2.53. The summed E-state index contributed by atoms with van der Waals surface area (Å²) in [6.45, 7) is 7.02. The van der Waals surface area contributed by atoms with Crippen LogP contribution in [0, 0.1) is 5.41 Å². The molecule has 3 aliphatic rings. The zero-order valence-electron chi connectivity index (χ0n) is 9.94. The van der Waals surface area contributed by atoms with Crippen molar-refractivity contribution in [3.8, 4) is 0 Å². The summed E-state index contributed by atoms with van der Waals surface area (Å²) >= 11 is 0. The minimum atomic E-state index is 0.232. The molecule has 3 rings (SSSR count).